The fourth-order valence-electron chi connectivity index (χ4n) is 2.06. The van der Waals surface area contributed by atoms with Crippen LogP contribution in [0.1, 0.15) is 12.5 Å². The van der Waals surface area contributed by atoms with Crippen LogP contribution in [0.25, 0.3) is 10.9 Å². The van der Waals surface area contributed by atoms with E-state index in [2.05, 4.69) is 28.2 Å². The molecule has 1 aromatic carbocycles. The summed E-state index contributed by atoms with van der Waals surface area (Å²) in [5, 5.41) is 3.80. The quantitative estimate of drug-likeness (QED) is 0.827. The van der Waals surface area contributed by atoms with Crippen LogP contribution in [0.5, 0.6) is 0 Å². The maximum absolute atomic E-state index is 11.1. The Morgan fingerprint density at radius 2 is 2.00 bits per heavy atom. The van der Waals surface area contributed by atoms with Crippen molar-refractivity contribution in [3.05, 3.63) is 36.0 Å². The van der Waals surface area contributed by atoms with Crippen LogP contribution in [-0.4, -0.2) is 22.8 Å². The molecule has 0 saturated heterocycles. The number of aryl methyl sites for hydroxylation is 1. The van der Waals surface area contributed by atoms with Crippen molar-refractivity contribution in [3.8, 4) is 0 Å². The molecule has 0 aliphatic carbocycles. The van der Waals surface area contributed by atoms with Gasteiger partial charge in [0.15, 0.2) is 0 Å². The van der Waals surface area contributed by atoms with Gasteiger partial charge < -0.3 is 9.88 Å². The molecule has 1 heterocycles. The first kappa shape index (κ1) is 12.4. The third kappa shape index (κ3) is 2.42. The number of fused-ring (bicyclic) bond motifs is 1. The Kier molecular flexibility index (Phi) is 3.46. The summed E-state index contributed by atoms with van der Waals surface area (Å²) >= 11 is 0. The van der Waals surface area contributed by atoms with Crippen LogP contribution in [-0.2, 0) is 23.1 Å². The molecule has 0 fully saturated rings. The second kappa shape index (κ2) is 5.04. The lowest BCUT2D eigenvalue weighted by Gasteiger charge is -2.01. The highest BCUT2D eigenvalue weighted by Gasteiger charge is 2.08. The van der Waals surface area contributed by atoms with Gasteiger partial charge in [-0.1, -0.05) is 18.2 Å². The van der Waals surface area contributed by atoms with Crippen LogP contribution in [0.3, 0.4) is 0 Å². The zero-order valence-electron chi connectivity index (χ0n) is 10.6. The summed E-state index contributed by atoms with van der Waals surface area (Å²) < 4.78 is 2.07. The molecule has 1 amide bonds. The molecule has 0 unspecified atom stereocenters. The van der Waals surface area contributed by atoms with Crippen molar-refractivity contribution in [2.45, 2.75) is 13.3 Å². The topological polar surface area (TPSA) is 51.1 Å². The number of carbonyl (C=O) groups is 2. The van der Waals surface area contributed by atoms with Crippen LogP contribution in [0.2, 0.25) is 0 Å². The summed E-state index contributed by atoms with van der Waals surface area (Å²) in [6, 6.07) is 8.13. The van der Waals surface area contributed by atoms with Gasteiger partial charge in [0.1, 0.15) is 0 Å². The van der Waals surface area contributed by atoms with Crippen LogP contribution >= 0.6 is 0 Å². The molecule has 1 aromatic heterocycles. The van der Waals surface area contributed by atoms with Gasteiger partial charge in [-0.3, -0.25) is 9.59 Å². The predicted octanol–water partition coefficient (Wildman–Crippen LogP) is 1.43. The van der Waals surface area contributed by atoms with Gasteiger partial charge in [0, 0.05) is 37.6 Å². The van der Waals surface area contributed by atoms with Gasteiger partial charge in [-0.2, -0.15) is 0 Å². The van der Waals surface area contributed by atoms with Crippen molar-refractivity contribution < 1.29 is 9.59 Å². The summed E-state index contributed by atoms with van der Waals surface area (Å²) in [4.78, 5) is 21.9. The summed E-state index contributed by atoms with van der Waals surface area (Å²) in [7, 11) is 2.00. The molecular formula is C14H16N2O2. The largest absolute Gasteiger partial charge is 0.350 e. The number of rotatable bonds is 4. The van der Waals surface area contributed by atoms with Gasteiger partial charge in [0.25, 0.3) is 5.91 Å². The molecule has 94 valence electrons. The van der Waals surface area contributed by atoms with Crippen molar-refractivity contribution in [2.75, 3.05) is 6.54 Å². The number of benzene rings is 1. The predicted molar refractivity (Wildman–Crippen MR) is 70.3 cm³/mol. The van der Waals surface area contributed by atoms with Crippen LogP contribution in [0, 0.1) is 0 Å². The van der Waals surface area contributed by atoms with Crippen molar-refractivity contribution in [2.24, 2.45) is 7.05 Å². The Morgan fingerprint density at radius 1 is 1.28 bits per heavy atom. The SMILES string of the molecule is CC(=O)C(=O)NCCc1cn(C)c2ccccc12. The Morgan fingerprint density at radius 3 is 2.72 bits per heavy atom. The molecule has 2 rings (SSSR count). The Bertz CT molecular complexity index is 599. The second-order valence-electron chi connectivity index (χ2n) is 4.34. The highest BCUT2D eigenvalue weighted by molar-refractivity contribution is 6.35. The van der Waals surface area contributed by atoms with Gasteiger partial charge in [-0.05, 0) is 18.1 Å². The van der Waals surface area contributed by atoms with E-state index in [-0.39, 0.29) is 0 Å². The van der Waals surface area contributed by atoms with Gasteiger partial charge >= 0.3 is 0 Å². The second-order valence-corrected chi connectivity index (χ2v) is 4.34. The molecule has 0 bridgehead atoms. The van der Waals surface area contributed by atoms with Crippen LogP contribution in [0.15, 0.2) is 30.5 Å². The molecule has 4 nitrogen and oxygen atoms in total. The maximum atomic E-state index is 11.1. The lowest BCUT2D eigenvalue weighted by atomic mass is 10.1. The molecule has 0 spiro atoms. The fourth-order valence-corrected chi connectivity index (χ4v) is 2.06. The highest BCUT2D eigenvalue weighted by Crippen LogP contribution is 2.20. The Hall–Kier alpha value is -2.10. The number of hydrogen-bond acceptors (Lipinski definition) is 2. The first-order chi connectivity index (χ1) is 8.59. The van der Waals surface area contributed by atoms with Crippen molar-refractivity contribution in [1.82, 2.24) is 9.88 Å². The number of nitrogens with one attached hydrogen (secondary N) is 1. The van der Waals surface area contributed by atoms with E-state index in [1.165, 1.54) is 23.4 Å². The molecule has 0 saturated carbocycles. The summed E-state index contributed by atoms with van der Waals surface area (Å²) in [5.74, 6) is -0.969. The van der Waals surface area contributed by atoms with E-state index in [1.54, 1.807) is 0 Å². The highest BCUT2D eigenvalue weighted by atomic mass is 16.2. The molecule has 0 aliphatic rings. The summed E-state index contributed by atoms with van der Waals surface area (Å²) in [6.45, 7) is 1.75. The number of para-hydroxylation sites is 1. The summed E-state index contributed by atoms with van der Waals surface area (Å²) in [6.07, 6.45) is 2.78. The molecule has 1 N–H and O–H groups in total. The first-order valence-corrected chi connectivity index (χ1v) is 5.91. The van der Waals surface area contributed by atoms with Crippen molar-refractivity contribution in [1.29, 1.82) is 0 Å². The van der Waals surface area contributed by atoms with E-state index in [4.69, 9.17) is 0 Å². The molecule has 0 radical (unpaired) electrons. The molecule has 4 heteroatoms. The number of nitrogens with zero attached hydrogens (tertiary/aromatic N) is 1. The fraction of sp³-hybridized carbons (Fsp3) is 0.286. The third-order valence-electron chi connectivity index (χ3n) is 2.98. The zero-order valence-corrected chi connectivity index (χ0v) is 10.6. The number of hydrogen-bond donors (Lipinski definition) is 1. The summed E-state index contributed by atoms with van der Waals surface area (Å²) in [5.41, 5.74) is 2.35. The molecular weight excluding hydrogens is 228 g/mol. The molecule has 18 heavy (non-hydrogen) atoms. The van der Waals surface area contributed by atoms with E-state index < -0.39 is 11.7 Å². The van der Waals surface area contributed by atoms with E-state index in [0.29, 0.717) is 6.54 Å². The minimum Gasteiger partial charge on any atom is -0.350 e. The third-order valence-corrected chi connectivity index (χ3v) is 2.98. The number of ketones is 1. The zero-order chi connectivity index (χ0) is 13.1. The van der Waals surface area contributed by atoms with Crippen molar-refractivity contribution in [3.63, 3.8) is 0 Å². The van der Waals surface area contributed by atoms with Crippen molar-refractivity contribution >= 4 is 22.6 Å². The average molecular weight is 244 g/mol. The van der Waals surface area contributed by atoms with E-state index in [1.807, 2.05) is 19.2 Å². The Labute approximate surface area is 106 Å². The van der Waals surface area contributed by atoms with Crippen LogP contribution in [0.4, 0.5) is 0 Å². The van der Waals surface area contributed by atoms with Gasteiger partial charge in [0.05, 0.1) is 0 Å². The molecule has 0 aliphatic heterocycles. The monoisotopic (exact) mass is 244 g/mol. The van der Waals surface area contributed by atoms with E-state index in [0.717, 1.165) is 6.42 Å². The first-order valence-electron chi connectivity index (χ1n) is 5.91. The smallest absolute Gasteiger partial charge is 0.287 e. The number of amides is 1. The maximum Gasteiger partial charge on any atom is 0.287 e. The molecule has 0 atom stereocenters. The van der Waals surface area contributed by atoms with Crippen LogP contribution < -0.4 is 5.32 Å². The van der Waals surface area contributed by atoms with E-state index in [9.17, 15) is 9.59 Å². The number of Topliss-reactive ketones (excluding diaryl/α,β-unsaturated/α-hetero) is 1. The van der Waals surface area contributed by atoms with Gasteiger partial charge in [-0.15, -0.1) is 0 Å². The van der Waals surface area contributed by atoms with Gasteiger partial charge in [0.2, 0.25) is 5.78 Å². The lowest BCUT2D eigenvalue weighted by Crippen LogP contribution is -2.30. The standard InChI is InChI=1S/C14H16N2O2/c1-10(17)14(18)15-8-7-11-9-16(2)13-6-4-3-5-12(11)13/h3-6,9H,7-8H2,1-2H3,(H,15,18). The molecule has 2 aromatic rings. The normalized spacial score (nSPS) is 10.6. The average Bonchev–Trinajstić information content (AvgIpc) is 2.67. The minimum absolute atomic E-state index is 0.451. The minimum atomic E-state index is -0.518. The number of carbonyl (C=O) groups excluding carboxylic acids is 2. The van der Waals surface area contributed by atoms with E-state index >= 15 is 0 Å². The lowest BCUT2D eigenvalue weighted by molar-refractivity contribution is -0.136. The number of aromatic nitrogens is 1. The Balaban J connectivity index is 2.08. The van der Waals surface area contributed by atoms with Gasteiger partial charge in [-0.25, -0.2) is 0 Å².